The summed E-state index contributed by atoms with van der Waals surface area (Å²) in [4.78, 5) is 15.1. The van der Waals surface area contributed by atoms with Gasteiger partial charge >= 0.3 is 0 Å². The Hall–Kier alpha value is -0.610. The fourth-order valence-corrected chi connectivity index (χ4v) is 4.53. The first-order chi connectivity index (χ1) is 8.73. The van der Waals surface area contributed by atoms with E-state index in [2.05, 4.69) is 27.7 Å². The van der Waals surface area contributed by atoms with Crippen LogP contribution in [0, 0.1) is 11.3 Å². The lowest BCUT2D eigenvalue weighted by atomic mass is 9.47. The third kappa shape index (κ3) is 1.44. The molecule has 3 fully saturated rings. The summed E-state index contributed by atoms with van der Waals surface area (Å²) in [5.74, 6) is 0.346. The molecular formula is C15H26N2O2. The number of hydrogen-bond acceptors (Lipinski definition) is 3. The van der Waals surface area contributed by atoms with E-state index in [1.54, 1.807) is 0 Å². The van der Waals surface area contributed by atoms with E-state index in [-0.39, 0.29) is 28.9 Å². The number of fused-ring (bicyclic) bond motifs is 1. The monoisotopic (exact) mass is 266 g/mol. The van der Waals surface area contributed by atoms with Crippen LogP contribution in [0.25, 0.3) is 0 Å². The molecule has 108 valence electrons. The Morgan fingerprint density at radius 3 is 2.58 bits per heavy atom. The minimum Gasteiger partial charge on any atom is -0.377 e. The molecule has 2 N–H and O–H groups in total. The molecule has 3 aliphatic rings. The van der Waals surface area contributed by atoms with Crippen molar-refractivity contribution in [3.63, 3.8) is 0 Å². The van der Waals surface area contributed by atoms with Crippen LogP contribution in [0.5, 0.6) is 0 Å². The molecule has 0 aromatic heterocycles. The summed E-state index contributed by atoms with van der Waals surface area (Å²) in [5, 5.41) is 0. The molecule has 3 unspecified atom stereocenters. The number of hydrogen-bond donors (Lipinski definition) is 1. The summed E-state index contributed by atoms with van der Waals surface area (Å²) in [6, 6.07) is 0. The third-order valence-corrected chi connectivity index (χ3v) is 5.95. The van der Waals surface area contributed by atoms with Crippen LogP contribution in [0.15, 0.2) is 0 Å². The van der Waals surface area contributed by atoms with Gasteiger partial charge in [-0.1, -0.05) is 13.8 Å². The molecule has 1 aliphatic carbocycles. The Bertz CT molecular complexity index is 418. The van der Waals surface area contributed by atoms with Crippen molar-refractivity contribution in [3.8, 4) is 0 Å². The van der Waals surface area contributed by atoms with Crippen LogP contribution < -0.4 is 5.73 Å². The highest BCUT2D eigenvalue weighted by Crippen LogP contribution is 2.59. The summed E-state index contributed by atoms with van der Waals surface area (Å²) in [7, 11) is 0. The number of ether oxygens (including phenoxy) is 1. The molecule has 1 amide bonds. The number of carbonyl (C=O) groups is 1. The van der Waals surface area contributed by atoms with Crippen molar-refractivity contribution >= 4 is 5.91 Å². The number of likely N-dealkylation sites (tertiary alicyclic amines) is 1. The van der Waals surface area contributed by atoms with Gasteiger partial charge in [0, 0.05) is 30.0 Å². The Labute approximate surface area is 115 Å². The van der Waals surface area contributed by atoms with Crippen molar-refractivity contribution in [2.75, 3.05) is 13.2 Å². The molecule has 2 saturated heterocycles. The zero-order valence-electron chi connectivity index (χ0n) is 12.5. The average Bonchev–Trinajstić information content (AvgIpc) is 2.92. The van der Waals surface area contributed by atoms with Gasteiger partial charge in [0.2, 0.25) is 5.91 Å². The molecular weight excluding hydrogens is 240 g/mol. The molecule has 2 heterocycles. The van der Waals surface area contributed by atoms with Gasteiger partial charge in [-0.15, -0.1) is 0 Å². The van der Waals surface area contributed by atoms with E-state index in [0.717, 1.165) is 32.4 Å². The molecule has 0 aromatic rings. The van der Waals surface area contributed by atoms with Gasteiger partial charge in [-0.2, -0.15) is 0 Å². The summed E-state index contributed by atoms with van der Waals surface area (Å²) in [6.45, 7) is 10.1. The molecule has 19 heavy (non-hydrogen) atoms. The Morgan fingerprint density at radius 1 is 1.32 bits per heavy atom. The molecule has 0 radical (unpaired) electrons. The predicted octanol–water partition coefficient (Wildman–Crippen LogP) is 1.53. The highest BCUT2D eigenvalue weighted by molar-refractivity contribution is 5.90. The van der Waals surface area contributed by atoms with Gasteiger partial charge in [-0.05, 0) is 33.1 Å². The number of nitrogens with zero attached hydrogens (tertiary/aromatic N) is 1. The minimum absolute atomic E-state index is 0.0515. The van der Waals surface area contributed by atoms with Crippen LogP contribution in [0.2, 0.25) is 0 Å². The van der Waals surface area contributed by atoms with Gasteiger partial charge in [0.15, 0.2) is 0 Å². The zero-order valence-corrected chi connectivity index (χ0v) is 12.5. The minimum atomic E-state index is -0.740. The second kappa shape index (κ2) is 3.73. The van der Waals surface area contributed by atoms with Crippen molar-refractivity contribution < 1.29 is 9.53 Å². The molecule has 0 aromatic carbocycles. The number of carbonyl (C=O) groups excluding carboxylic acids is 1. The first-order valence-corrected chi connectivity index (χ1v) is 7.45. The SMILES string of the molecule is CC1(C)CCCN1C(=O)C1(N)C2CCOC2C1(C)C. The van der Waals surface area contributed by atoms with Crippen LogP contribution in [0.1, 0.15) is 47.0 Å². The standard InChI is InChI=1S/C15H26N2O2/c1-13(2)7-5-8-17(13)12(18)15(16)10-6-9-19-11(10)14(15,3)4/h10-11H,5-9,16H2,1-4H3. The van der Waals surface area contributed by atoms with Crippen LogP contribution in [-0.4, -0.2) is 41.1 Å². The summed E-state index contributed by atoms with van der Waals surface area (Å²) >= 11 is 0. The van der Waals surface area contributed by atoms with Gasteiger partial charge in [0.1, 0.15) is 5.54 Å². The maximum atomic E-state index is 13.1. The van der Waals surface area contributed by atoms with Crippen molar-refractivity contribution in [2.45, 2.75) is 64.1 Å². The predicted molar refractivity (Wildman–Crippen MR) is 73.6 cm³/mol. The smallest absolute Gasteiger partial charge is 0.244 e. The fraction of sp³-hybridized carbons (Fsp3) is 0.933. The van der Waals surface area contributed by atoms with Crippen LogP contribution >= 0.6 is 0 Å². The first-order valence-electron chi connectivity index (χ1n) is 7.45. The Balaban J connectivity index is 1.91. The molecule has 1 saturated carbocycles. The number of rotatable bonds is 1. The average molecular weight is 266 g/mol. The lowest BCUT2D eigenvalue weighted by Gasteiger charge is -2.62. The summed E-state index contributed by atoms with van der Waals surface area (Å²) in [5.41, 5.74) is 5.59. The van der Waals surface area contributed by atoms with Crippen molar-refractivity contribution in [1.82, 2.24) is 4.90 Å². The van der Waals surface area contributed by atoms with Gasteiger partial charge in [0.25, 0.3) is 0 Å². The van der Waals surface area contributed by atoms with Gasteiger partial charge in [0.05, 0.1) is 6.10 Å². The second-order valence-corrected chi connectivity index (χ2v) is 7.65. The second-order valence-electron chi connectivity index (χ2n) is 7.65. The van der Waals surface area contributed by atoms with E-state index >= 15 is 0 Å². The lowest BCUT2D eigenvalue weighted by Crippen LogP contribution is -2.80. The van der Waals surface area contributed by atoms with Gasteiger partial charge in [-0.3, -0.25) is 4.79 Å². The van der Waals surface area contributed by atoms with E-state index in [1.165, 1.54) is 0 Å². The molecule has 3 rings (SSSR count). The quantitative estimate of drug-likeness (QED) is 0.783. The lowest BCUT2D eigenvalue weighted by molar-refractivity contribution is -0.186. The highest BCUT2D eigenvalue weighted by Gasteiger charge is 2.72. The number of nitrogens with two attached hydrogens (primary N) is 1. The fourth-order valence-electron chi connectivity index (χ4n) is 4.53. The van der Waals surface area contributed by atoms with Gasteiger partial charge < -0.3 is 15.4 Å². The highest BCUT2D eigenvalue weighted by atomic mass is 16.5. The van der Waals surface area contributed by atoms with E-state index in [4.69, 9.17) is 10.5 Å². The van der Waals surface area contributed by atoms with Crippen molar-refractivity contribution in [3.05, 3.63) is 0 Å². The largest absolute Gasteiger partial charge is 0.377 e. The maximum Gasteiger partial charge on any atom is 0.244 e. The van der Waals surface area contributed by atoms with E-state index in [0.29, 0.717) is 0 Å². The molecule has 0 bridgehead atoms. The van der Waals surface area contributed by atoms with E-state index in [9.17, 15) is 4.79 Å². The molecule has 4 heteroatoms. The van der Waals surface area contributed by atoms with E-state index < -0.39 is 5.54 Å². The normalized spacial score (nSPS) is 42.9. The summed E-state index contributed by atoms with van der Waals surface area (Å²) in [6.07, 6.45) is 3.23. The van der Waals surface area contributed by atoms with Crippen LogP contribution in [-0.2, 0) is 9.53 Å². The molecule has 4 nitrogen and oxygen atoms in total. The third-order valence-electron chi connectivity index (χ3n) is 5.95. The topological polar surface area (TPSA) is 55.6 Å². The van der Waals surface area contributed by atoms with E-state index in [1.807, 2.05) is 4.90 Å². The van der Waals surface area contributed by atoms with Crippen LogP contribution in [0.3, 0.4) is 0 Å². The summed E-state index contributed by atoms with van der Waals surface area (Å²) < 4.78 is 5.78. The molecule has 2 aliphatic heterocycles. The molecule has 0 spiro atoms. The van der Waals surface area contributed by atoms with Crippen molar-refractivity contribution in [1.29, 1.82) is 0 Å². The zero-order chi connectivity index (χ0) is 14.1. The maximum absolute atomic E-state index is 13.1. The molecule has 3 atom stereocenters. The first kappa shape index (κ1) is 13.4. The van der Waals surface area contributed by atoms with Crippen LogP contribution in [0.4, 0.5) is 0 Å². The Kier molecular flexibility index (Phi) is 2.63. The number of amides is 1. The Morgan fingerprint density at radius 2 is 2.00 bits per heavy atom. The van der Waals surface area contributed by atoms with Gasteiger partial charge in [-0.25, -0.2) is 0 Å². The van der Waals surface area contributed by atoms with Crippen molar-refractivity contribution in [2.24, 2.45) is 17.1 Å².